The number of carbonyl (C=O) groups is 1. The minimum atomic E-state index is -4.47. The topological polar surface area (TPSA) is 127 Å². The Morgan fingerprint density at radius 3 is 2.33 bits per heavy atom. The van der Waals surface area contributed by atoms with Crippen LogP contribution in [0.2, 0.25) is 0 Å². The van der Waals surface area contributed by atoms with Crippen LogP contribution >= 0.6 is 0 Å². The van der Waals surface area contributed by atoms with Crippen LogP contribution in [0.25, 0.3) is 0 Å². The van der Waals surface area contributed by atoms with E-state index in [-0.39, 0.29) is 0 Å². The summed E-state index contributed by atoms with van der Waals surface area (Å²) in [5.74, 6) is -0.428. The molecule has 4 N–H and O–H groups in total. The summed E-state index contributed by atoms with van der Waals surface area (Å²) in [6, 6.07) is 4.87. The highest BCUT2D eigenvalue weighted by Crippen LogP contribution is 2.22. The Balaban J connectivity index is 0.000000631. The van der Waals surface area contributed by atoms with Gasteiger partial charge in [-0.1, -0.05) is 18.2 Å². The number of para-hydroxylation sites is 1. The first-order valence-electron chi connectivity index (χ1n) is 4.61. The van der Waals surface area contributed by atoms with E-state index in [1.165, 1.54) is 12.1 Å². The van der Waals surface area contributed by atoms with Crippen LogP contribution in [0.15, 0.2) is 41.8 Å². The summed E-state index contributed by atoms with van der Waals surface area (Å²) in [7, 11) is -4.47. The molecule has 0 unspecified atom stereocenters. The van der Waals surface area contributed by atoms with Crippen molar-refractivity contribution in [1.82, 2.24) is 0 Å². The second kappa shape index (κ2) is 7.43. The fourth-order valence-electron chi connectivity index (χ4n) is 0.842. The van der Waals surface area contributed by atoms with Crippen LogP contribution in [0, 0.1) is 0 Å². The normalized spacial score (nSPS) is 9.89. The number of hydrogen-bond donors (Lipinski definition) is 3. The molecule has 0 atom stereocenters. The predicted molar refractivity (Wildman–Crippen MR) is 64.2 cm³/mol. The Kier molecular flexibility index (Phi) is 6.65. The largest absolute Gasteiger partial charge is 0.511 e. The van der Waals surface area contributed by atoms with Crippen molar-refractivity contribution in [2.24, 2.45) is 5.73 Å². The van der Waals surface area contributed by atoms with Crippen LogP contribution < -0.4 is 10.5 Å². The monoisotopic (exact) mass is 275 g/mol. The molecule has 7 nitrogen and oxygen atoms in total. The molecule has 0 spiro atoms. The summed E-state index contributed by atoms with van der Waals surface area (Å²) in [6.45, 7) is 3.94. The van der Waals surface area contributed by atoms with E-state index in [0.717, 1.165) is 12.1 Å². The molecule has 0 aromatic heterocycles. The third kappa shape index (κ3) is 5.99. The molecular weight excluding hydrogens is 262 g/mol. The maximum absolute atomic E-state index is 10.7. The van der Waals surface area contributed by atoms with Gasteiger partial charge in [-0.3, -0.25) is 4.55 Å². The van der Waals surface area contributed by atoms with Gasteiger partial charge in [-0.2, -0.15) is 8.42 Å². The molecule has 8 heteroatoms. The van der Waals surface area contributed by atoms with Crippen LogP contribution in [0.3, 0.4) is 0 Å². The van der Waals surface area contributed by atoms with E-state index < -0.39 is 26.9 Å². The lowest BCUT2D eigenvalue weighted by Gasteiger charge is -2.03. The van der Waals surface area contributed by atoms with Gasteiger partial charge in [0, 0.05) is 6.54 Å². The number of ether oxygens (including phenoxy) is 1. The first-order chi connectivity index (χ1) is 8.32. The average molecular weight is 275 g/mol. The Bertz CT molecular complexity index is 511. The predicted octanol–water partition coefficient (Wildman–Crippen LogP) is 1.12. The van der Waals surface area contributed by atoms with E-state index in [2.05, 4.69) is 11.3 Å². The summed E-state index contributed by atoms with van der Waals surface area (Å²) in [5, 5.41) is 8.26. The van der Waals surface area contributed by atoms with Gasteiger partial charge in [0.05, 0.1) is 0 Å². The van der Waals surface area contributed by atoms with Gasteiger partial charge in [0.25, 0.3) is 10.1 Å². The molecule has 0 aliphatic carbocycles. The minimum absolute atomic E-state index is 0.428. The van der Waals surface area contributed by atoms with Gasteiger partial charge in [0.1, 0.15) is 4.90 Å². The third-order valence-corrected chi connectivity index (χ3v) is 2.38. The Morgan fingerprint density at radius 2 is 1.94 bits per heavy atom. The highest BCUT2D eigenvalue weighted by atomic mass is 32.2. The smallest absolute Gasteiger partial charge is 0.449 e. The Hall–Kier alpha value is -1.90. The molecule has 1 aromatic carbocycles. The molecule has 18 heavy (non-hydrogen) atoms. The Labute approximate surface area is 104 Å². The van der Waals surface area contributed by atoms with Gasteiger partial charge in [-0.25, -0.2) is 4.79 Å². The van der Waals surface area contributed by atoms with E-state index in [0.29, 0.717) is 6.54 Å². The third-order valence-electron chi connectivity index (χ3n) is 1.49. The van der Waals surface area contributed by atoms with E-state index in [1.807, 2.05) is 0 Å². The quantitative estimate of drug-likeness (QED) is 0.326. The zero-order chi connectivity index (χ0) is 14.2. The van der Waals surface area contributed by atoms with Crippen molar-refractivity contribution in [2.75, 3.05) is 6.54 Å². The number of benzene rings is 1. The summed E-state index contributed by atoms with van der Waals surface area (Å²) in [6.07, 6.45) is 0.00102. The number of nitrogens with two attached hydrogens (primary N) is 1. The lowest BCUT2D eigenvalue weighted by Crippen LogP contribution is -2.07. The minimum Gasteiger partial charge on any atom is -0.449 e. The zero-order valence-electron chi connectivity index (χ0n) is 9.31. The summed E-state index contributed by atoms with van der Waals surface area (Å²) < 4.78 is 34.3. The molecule has 0 aliphatic heterocycles. The van der Waals surface area contributed by atoms with E-state index in [9.17, 15) is 13.2 Å². The van der Waals surface area contributed by atoms with Crippen molar-refractivity contribution in [3.63, 3.8) is 0 Å². The number of hydrogen-bond acceptors (Lipinski definition) is 5. The van der Waals surface area contributed by atoms with Crippen LogP contribution in [0.5, 0.6) is 5.75 Å². The molecular formula is C10H13NO6S. The van der Waals surface area contributed by atoms with Crippen LogP contribution in [0.4, 0.5) is 4.79 Å². The maximum Gasteiger partial charge on any atom is 0.511 e. The molecule has 0 radical (unpaired) electrons. The van der Waals surface area contributed by atoms with Gasteiger partial charge in [0.2, 0.25) is 0 Å². The van der Waals surface area contributed by atoms with Gasteiger partial charge in [-0.05, 0) is 12.1 Å². The molecule has 1 rings (SSSR count). The first kappa shape index (κ1) is 16.1. The van der Waals surface area contributed by atoms with E-state index >= 15 is 0 Å². The van der Waals surface area contributed by atoms with Crippen molar-refractivity contribution < 1.29 is 27.6 Å². The molecule has 0 saturated carbocycles. The van der Waals surface area contributed by atoms with Crippen molar-refractivity contribution in [3.8, 4) is 5.75 Å². The summed E-state index contributed by atoms with van der Waals surface area (Å²) in [5.41, 5.74) is 4.91. The van der Waals surface area contributed by atoms with Gasteiger partial charge in [0.15, 0.2) is 5.75 Å². The second-order valence-electron chi connectivity index (χ2n) is 2.81. The number of carboxylic acid groups (broad SMARTS) is 1. The van der Waals surface area contributed by atoms with Crippen LogP contribution in [-0.2, 0) is 10.1 Å². The fraction of sp³-hybridized carbons (Fsp3) is 0.100. The van der Waals surface area contributed by atoms with Gasteiger partial charge >= 0.3 is 6.16 Å². The summed E-state index contributed by atoms with van der Waals surface area (Å²) in [4.78, 5) is 9.57. The van der Waals surface area contributed by atoms with E-state index in [4.69, 9.17) is 15.4 Å². The molecule has 0 heterocycles. The highest BCUT2D eigenvalue weighted by Gasteiger charge is 2.17. The zero-order valence-corrected chi connectivity index (χ0v) is 10.1. The number of rotatable bonds is 3. The SMILES string of the molecule is C=CCN.O=C(O)Oc1ccccc1S(=O)(=O)O. The maximum atomic E-state index is 10.7. The highest BCUT2D eigenvalue weighted by molar-refractivity contribution is 7.86. The van der Waals surface area contributed by atoms with Crippen LogP contribution in [-0.4, -0.2) is 30.8 Å². The summed E-state index contributed by atoms with van der Waals surface area (Å²) >= 11 is 0. The first-order valence-corrected chi connectivity index (χ1v) is 6.05. The molecule has 0 saturated heterocycles. The lowest BCUT2D eigenvalue weighted by atomic mass is 10.3. The van der Waals surface area contributed by atoms with Gasteiger partial charge < -0.3 is 15.6 Å². The standard InChI is InChI=1S/C7H6O6S.C3H7N/c8-7(9)13-5-3-1-2-4-6(5)14(10,11)12;1-2-3-4/h1-4H,(H,8,9)(H,10,11,12);2H,1,3-4H2. The fourth-order valence-corrected chi connectivity index (χ4v) is 1.46. The molecule has 0 aliphatic rings. The average Bonchev–Trinajstić information content (AvgIpc) is 2.28. The molecule has 0 amide bonds. The van der Waals surface area contributed by atoms with Crippen molar-refractivity contribution in [1.29, 1.82) is 0 Å². The Morgan fingerprint density at radius 1 is 1.44 bits per heavy atom. The molecule has 0 fully saturated rings. The van der Waals surface area contributed by atoms with E-state index in [1.54, 1.807) is 6.08 Å². The molecule has 100 valence electrons. The van der Waals surface area contributed by atoms with Crippen molar-refractivity contribution in [3.05, 3.63) is 36.9 Å². The second-order valence-corrected chi connectivity index (χ2v) is 4.20. The van der Waals surface area contributed by atoms with Crippen molar-refractivity contribution >= 4 is 16.3 Å². The van der Waals surface area contributed by atoms with Crippen LogP contribution in [0.1, 0.15) is 0 Å². The van der Waals surface area contributed by atoms with Crippen molar-refractivity contribution in [2.45, 2.75) is 4.90 Å². The lowest BCUT2D eigenvalue weighted by molar-refractivity contribution is 0.143. The molecule has 0 bridgehead atoms. The van der Waals surface area contributed by atoms with Gasteiger partial charge in [-0.15, -0.1) is 6.58 Å². The molecule has 1 aromatic rings.